The van der Waals surface area contributed by atoms with Crippen LogP contribution in [0.3, 0.4) is 0 Å². The second-order valence-corrected chi connectivity index (χ2v) is 4.30. The van der Waals surface area contributed by atoms with Crippen molar-refractivity contribution in [1.82, 2.24) is 5.32 Å². The third kappa shape index (κ3) is 10.3. The fourth-order valence-electron chi connectivity index (χ4n) is 0.811. The Morgan fingerprint density at radius 3 is 2.55 bits per heavy atom. The molecule has 68 valence electrons. The molecule has 0 aromatic carbocycles. The summed E-state index contributed by atoms with van der Waals surface area (Å²) in [6.07, 6.45) is 2.62. The van der Waals surface area contributed by atoms with Gasteiger partial charge in [0.2, 0.25) is 0 Å². The molecule has 0 heterocycles. The molecule has 0 aliphatic carbocycles. The SMILES string of the molecule is CCCSCCCNC(C)C. The van der Waals surface area contributed by atoms with Crippen molar-refractivity contribution in [2.24, 2.45) is 0 Å². The molecule has 0 aromatic heterocycles. The van der Waals surface area contributed by atoms with E-state index in [1.54, 1.807) is 0 Å². The third-order valence-electron chi connectivity index (χ3n) is 1.37. The Morgan fingerprint density at radius 1 is 1.27 bits per heavy atom. The summed E-state index contributed by atoms with van der Waals surface area (Å²) in [6, 6.07) is 0.645. The van der Waals surface area contributed by atoms with Gasteiger partial charge in [-0.2, -0.15) is 11.8 Å². The van der Waals surface area contributed by atoms with Gasteiger partial charge in [0.1, 0.15) is 0 Å². The number of hydrogen-bond donors (Lipinski definition) is 1. The fourth-order valence-corrected chi connectivity index (χ4v) is 1.65. The zero-order valence-corrected chi connectivity index (χ0v) is 8.84. The van der Waals surface area contributed by atoms with Gasteiger partial charge < -0.3 is 5.32 Å². The standard InChI is InChI=1S/C9H21NS/c1-4-7-11-8-5-6-10-9(2)3/h9-10H,4-8H2,1-3H3. The highest BCUT2D eigenvalue weighted by atomic mass is 32.2. The van der Waals surface area contributed by atoms with E-state index in [0.29, 0.717) is 6.04 Å². The Kier molecular flexibility index (Phi) is 8.64. The van der Waals surface area contributed by atoms with Crippen LogP contribution in [0.4, 0.5) is 0 Å². The predicted molar refractivity (Wildman–Crippen MR) is 55.4 cm³/mol. The summed E-state index contributed by atoms with van der Waals surface area (Å²) < 4.78 is 0. The van der Waals surface area contributed by atoms with Gasteiger partial charge in [0.15, 0.2) is 0 Å². The van der Waals surface area contributed by atoms with Crippen molar-refractivity contribution < 1.29 is 0 Å². The van der Waals surface area contributed by atoms with Crippen LogP contribution in [0.2, 0.25) is 0 Å². The lowest BCUT2D eigenvalue weighted by molar-refractivity contribution is 0.586. The van der Waals surface area contributed by atoms with Crippen LogP contribution >= 0.6 is 11.8 Å². The van der Waals surface area contributed by atoms with Gasteiger partial charge in [-0.15, -0.1) is 0 Å². The lowest BCUT2D eigenvalue weighted by Gasteiger charge is -2.06. The van der Waals surface area contributed by atoms with E-state index in [-0.39, 0.29) is 0 Å². The van der Waals surface area contributed by atoms with E-state index < -0.39 is 0 Å². The molecule has 0 saturated heterocycles. The fraction of sp³-hybridized carbons (Fsp3) is 1.00. The molecule has 0 aromatic rings. The molecule has 11 heavy (non-hydrogen) atoms. The highest BCUT2D eigenvalue weighted by Crippen LogP contribution is 2.02. The number of rotatable bonds is 7. The smallest absolute Gasteiger partial charge is 0.00103 e. The first-order valence-corrected chi connectivity index (χ1v) is 5.74. The molecule has 0 aliphatic rings. The second kappa shape index (κ2) is 8.41. The Balaban J connectivity index is 2.80. The van der Waals surface area contributed by atoms with E-state index in [4.69, 9.17) is 0 Å². The van der Waals surface area contributed by atoms with Gasteiger partial charge in [-0.25, -0.2) is 0 Å². The minimum Gasteiger partial charge on any atom is -0.315 e. The summed E-state index contributed by atoms with van der Waals surface area (Å²) in [7, 11) is 0. The van der Waals surface area contributed by atoms with Crippen molar-refractivity contribution in [1.29, 1.82) is 0 Å². The van der Waals surface area contributed by atoms with Gasteiger partial charge in [0.05, 0.1) is 0 Å². The second-order valence-electron chi connectivity index (χ2n) is 3.07. The molecule has 0 spiro atoms. The van der Waals surface area contributed by atoms with Crippen molar-refractivity contribution in [2.75, 3.05) is 18.1 Å². The van der Waals surface area contributed by atoms with Crippen LogP contribution in [-0.2, 0) is 0 Å². The van der Waals surface area contributed by atoms with Crippen LogP contribution < -0.4 is 5.32 Å². The average molecular weight is 175 g/mol. The van der Waals surface area contributed by atoms with Crippen LogP contribution in [0.25, 0.3) is 0 Å². The molecule has 0 saturated carbocycles. The normalized spacial score (nSPS) is 10.9. The van der Waals surface area contributed by atoms with E-state index in [1.807, 2.05) is 0 Å². The monoisotopic (exact) mass is 175 g/mol. The molecule has 1 nitrogen and oxygen atoms in total. The van der Waals surface area contributed by atoms with Crippen LogP contribution in [0, 0.1) is 0 Å². The molecule has 0 amide bonds. The maximum absolute atomic E-state index is 3.41. The maximum atomic E-state index is 3.41. The first-order chi connectivity index (χ1) is 5.27. The van der Waals surface area contributed by atoms with Gasteiger partial charge in [-0.1, -0.05) is 20.8 Å². The van der Waals surface area contributed by atoms with Crippen molar-refractivity contribution in [3.05, 3.63) is 0 Å². The molecule has 1 N–H and O–H groups in total. The van der Waals surface area contributed by atoms with E-state index in [0.717, 1.165) is 0 Å². The van der Waals surface area contributed by atoms with Crippen LogP contribution in [0.5, 0.6) is 0 Å². The predicted octanol–water partition coefficient (Wildman–Crippen LogP) is 2.52. The molecule has 0 aliphatic heterocycles. The Labute approximate surface area is 75.3 Å². The first kappa shape index (κ1) is 11.3. The molecule has 0 fully saturated rings. The molecule has 0 atom stereocenters. The van der Waals surface area contributed by atoms with Crippen molar-refractivity contribution in [3.63, 3.8) is 0 Å². The maximum Gasteiger partial charge on any atom is 0.00103 e. The van der Waals surface area contributed by atoms with Gasteiger partial charge in [-0.05, 0) is 30.9 Å². The molecule has 0 radical (unpaired) electrons. The third-order valence-corrected chi connectivity index (χ3v) is 2.64. The molecule has 0 bridgehead atoms. The number of nitrogens with one attached hydrogen (secondary N) is 1. The minimum atomic E-state index is 0.645. The van der Waals surface area contributed by atoms with Gasteiger partial charge in [0.25, 0.3) is 0 Å². The molecule has 0 rings (SSSR count). The molecular weight excluding hydrogens is 154 g/mol. The molecule has 2 heteroatoms. The molecule has 0 unspecified atom stereocenters. The Bertz CT molecular complexity index is 74.0. The van der Waals surface area contributed by atoms with E-state index >= 15 is 0 Å². The van der Waals surface area contributed by atoms with Crippen LogP contribution in [-0.4, -0.2) is 24.1 Å². The summed E-state index contributed by atoms with van der Waals surface area (Å²) in [5.74, 6) is 2.63. The molecular formula is C9H21NS. The van der Waals surface area contributed by atoms with Gasteiger partial charge in [0, 0.05) is 6.04 Å². The zero-order chi connectivity index (χ0) is 8.53. The lowest BCUT2D eigenvalue weighted by atomic mass is 10.4. The largest absolute Gasteiger partial charge is 0.315 e. The highest BCUT2D eigenvalue weighted by Gasteiger charge is 1.91. The van der Waals surface area contributed by atoms with Gasteiger partial charge in [-0.3, -0.25) is 0 Å². The van der Waals surface area contributed by atoms with Crippen molar-refractivity contribution in [3.8, 4) is 0 Å². The summed E-state index contributed by atoms with van der Waals surface area (Å²) in [5.41, 5.74) is 0. The quantitative estimate of drug-likeness (QED) is 0.597. The zero-order valence-electron chi connectivity index (χ0n) is 8.02. The van der Waals surface area contributed by atoms with Crippen LogP contribution in [0.15, 0.2) is 0 Å². The van der Waals surface area contributed by atoms with E-state index in [2.05, 4.69) is 37.8 Å². The average Bonchev–Trinajstić information content (AvgIpc) is 1.96. The summed E-state index contributed by atoms with van der Waals surface area (Å²) in [6.45, 7) is 7.80. The summed E-state index contributed by atoms with van der Waals surface area (Å²) in [5, 5.41) is 3.41. The van der Waals surface area contributed by atoms with Crippen LogP contribution in [0.1, 0.15) is 33.6 Å². The van der Waals surface area contributed by atoms with Crippen molar-refractivity contribution >= 4 is 11.8 Å². The first-order valence-electron chi connectivity index (χ1n) is 4.58. The van der Waals surface area contributed by atoms with Gasteiger partial charge >= 0.3 is 0 Å². The highest BCUT2D eigenvalue weighted by molar-refractivity contribution is 7.99. The summed E-state index contributed by atoms with van der Waals surface area (Å²) in [4.78, 5) is 0. The lowest BCUT2D eigenvalue weighted by Crippen LogP contribution is -2.23. The Hall–Kier alpha value is 0.310. The number of thioether (sulfide) groups is 1. The van der Waals surface area contributed by atoms with E-state index in [1.165, 1.54) is 30.9 Å². The van der Waals surface area contributed by atoms with Crippen molar-refractivity contribution in [2.45, 2.75) is 39.7 Å². The topological polar surface area (TPSA) is 12.0 Å². The Morgan fingerprint density at radius 2 is 2.00 bits per heavy atom. The number of hydrogen-bond acceptors (Lipinski definition) is 2. The van der Waals surface area contributed by atoms with E-state index in [9.17, 15) is 0 Å². The summed E-state index contributed by atoms with van der Waals surface area (Å²) >= 11 is 2.06. The minimum absolute atomic E-state index is 0.645.